The minimum absolute atomic E-state index is 0.260. The van der Waals surface area contributed by atoms with Crippen LogP contribution < -0.4 is 0 Å². The lowest BCUT2D eigenvalue weighted by Crippen LogP contribution is -2.20. The molecule has 2 rings (SSSR count). The molecule has 0 aliphatic heterocycles. The molecule has 0 heterocycles. The maximum absolute atomic E-state index is 11.3. The molecule has 1 N–H and O–H groups in total. The standard InChI is InChI=1S/C19H24N2O5/c1-24-18(23)6-4-5-17(20-25-2)19(21-26-3)15-8-7-14-12-16(22)10-9-13(14)11-15/h9-12,22H,4-8H2,1-3H3/b20-17+,21-19+. The number of rotatable bonds is 8. The molecule has 0 fully saturated rings. The molecule has 0 atom stereocenters. The number of methoxy groups -OCH3 is 1. The molecular weight excluding hydrogens is 336 g/mol. The summed E-state index contributed by atoms with van der Waals surface area (Å²) in [6.45, 7) is 0. The van der Waals surface area contributed by atoms with Gasteiger partial charge in [0, 0.05) is 6.42 Å². The summed E-state index contributed by atoms with van der Waals surface area (Å²) >= 11 is 0. The van der Waals surface area contributed by atoms with Crippen LogP contribution >= 0.6 is 0 Å². The van der Waals surface area contributed by atoms with Gasteiger partial charge in [0.2, 0.25) is 0 Å². The lowest BCUT2D eigenvalue weighted by molar-refractivity contribution is -0.140. The average molecular weight is 360 g/mol. The molecule has 140 valence electrons. The molecule has 7 nitrogen and oxygen atoms in total. The van der Waals surface area contributed by atoms with Crippen LogP contribution in [0.4, 0.5) is 0 Å². The fourth-order valence-electron chi connectivity index (χ4n) is 2.87. The van der Waals surface area contributed by atoms with Crippen LogP contribution in [0.3, 0.4) is 0 Å². The van der Waals surface area contributed by atoms with E-state index in [1.807, 2.05) is 12.1 Å². The fraction of sp³-hybridized carbons (Fsp3) is 0.421. The summed E-state index contributed by atoms with van der Waals surface area (Å²) in [6.07, 6.45) is 4.89. The van der Waals surface area contributed by atoms with Crippen molar-refractivity contribution in [2.75, 3.05) is 21.3 Å². The van der Waals surface area contributed by atoms with E-state index in [1.165, 1.54) is 21.3 Å². The Kier molecular flexibility index (Phi) is 7.20. The highest BCUT2D eigenvalue weighted by Gasteiger charge is 2.21. The van der Waals surface area contributed by atoms with E-state index in [9.17, 15) is 9.90 Å². The number of nitrogens with zero attached hydrogens (tertiary/aromatic N) is 2. The van der Waals surface area contributed by atoms with Crippen LogP contribution in [0.1, 0.15) is 36.8 Å². The Morgan fingerprint density at radius 1 is 1.12 bits per heavy atom. The van der Waals surface area contributed by atoms with Crippen molar-refractivity contribution in [3.05, 3.63) is 34.9 Å². The van der Waals surface area contributed by atoms with Gasteiger partial charge in [0.05, 0.1) is 7.11 Å². The van der Waals surface area contributed by atoms with Gasteiger partial charge in [-0.25, -0.2) is 0 Å². The number of fused-ring (bicyclic) bond motifs is 1. The lowest BCUT2D eigenvalue weighted by Gasteiger charge is -2.18. The summed E-state index contributed by atoms with van der Waals surface area (Å²) in [5.41, 5.74) is 4.31. The number of hydrogen-bond acceptors (Lipinski definition) is 7. The Balaban J connectivity index is 2.25. The van der Waals surface area contributed by atoms with Crippen molar-refractivity contribution >= 4 is 23.5 Å². The number of allylic oxidation sites excluding steroid dienone is 1. The number of oxime groups is 2. The quantitative estimate of drug-likeness (QED) is 0.437. The van der Waals surface area contributed by atoms with Crippen LogP contribution in [-0.4, -0.2) is 43.8 Å². The maximum Gasteiger partial charge on any atom is 0.305 e. The first-order valence-electron chi connectivity index (χ1n) is 8.40. The highest BCUT2D eigenvalue weighted by Crippen LogP contribution is 2.28. The molecule has 7 heteroatoms. The number of aryl methyl sites for hydroxylation is 1. The number of carbonyl (C=O) groups excluding carboxylic acids is 1. The predicted octanol–water partition coefficient (Wildman–Crippen LogP) is 3.07. The fourth-order valence-corrected chi connectivity index (χ4v) is 2.87. The third kappa shape index (κ3) is 5.08. The third-order valence-corrected chi connectivity index (χ3v) is 4.10. The number of carbonyl (C=O) groups is 1. The molecule has 1 aromatic rings. The van der Waals surface area contributed by atoms with Gasteiger partial charge in [-0.05, 0) is 60.6 Å². The van der Waals surface area contributed by atoms with E-state index in [0.29, 0.717) is 30.7 Å². The summed E-state index contributed by atoms with van der Waals surface area (Å²) < 4.78 is 4.67. The van der Waals surface area contributed by atoms with E-state index < -0.39 is 0 Å². The van der Waals surface area contributed by atoms with E-state index in [-0.39, 0.29) is 11.7 Å². The second-order valence-electron chi connectivity index (χ2n) is 5.83. The Morgan fingerprint density at radius 2 is 1.88 bits per heavy atom. The number of aromatic hydroxyl groups is 1. The number of benzene rings is 1. The molecule has 0 aromatic heterocycles. The van der Waals surface area contributed by atoms with Gasteiger partial charge in [-0.15, -0.1) is 0 Å². The second-order valence-corrected chi connectivity index (χ2v) is 5.83. The highest BCUT2D eigenvalue weighted by atomic mass is 16.6. The summed E-state index contributed by atoms with van der Waals surface area (Å²) in [5, 5.41) is 17.9. The van der Waals surface area contributed by atoms with E-state index in [0.717, 1.165) is 29.5 Å². The summed E-state index contributed by atoms with van der Waals surface area (Å²) in [5.74, 6) is -0.00607. The smallest absolute Gasteiger partial charge is 0.305 e. The first-order valence-corrected chi connectivity index (χ1v) is 8.40. The molecule has 0 bridgehead atoms. The zero-order chi connectivity index (χ0) is 18.9. The van der Waals surface area contributed by atoms with Crippen molar-refractivity contribution in [2.24, 2.45) is 10.3 Å². The van der Waals surface area contributed by atoms with Crippen LogP contribution in [0.5, 0.6) is 5.75 Å². The number of esters is 1. The molecule has 0 saturated carbocycles. The Hall–Kier alpha value is -2.83. The van der Waals surface area contributed by atoms with Crippen LogP contribution in [0, 0.1) is 0 Å². The lowest BCUT2D eigenvalue weighted by atomic mass is 9.88. The molecule has 1 aliphatic carbocycles. The molecule has 26 heavy (non-hydrogen) atoms. The van der Waals surface area contributed by atoms with E-state index in [1.54, 1.807) is 12.1 Å². The minimum atomic E-state index is -0.266. The Labute approximate surface area is 152 Å². The van der Waals surface area contributed by atoms with Gasteiger partial charge in [-0.2, -0.15) is 0 Å². The molecule has 0 radical (unpaired) electrons. The van der Waals surface area contributed by atoms with Crippen LogP contribution in [0.25, 0.3) is 6.08 Å². The monoisotopic (exact) mass is 360 g/mol. The number of hydrogen-bond donors (Lipinski definition) is 1. The number of phenols is 1. The molecular formula is C19H24N2O5. The van der Waals surface area contributed by atoms with E-state index in [4.69, 9.17) is 9.68 Å². The molecule has 0 unspecified atom stereocenters. The Morgan fingerprint density at radius 3 is 2.58 bits per heavy atom. The van der Waals surface area contributed by atoms with Crippen molar-refractivity contribution < 1.29 is 24.3 Å². The first-order chi connectivity index (χ1) is 12.6. The summed E-state index contributed by atoms with van der Waals surface area (Å²) in [4.78, 5) is 21.3. The van der Waals surface area contributed by atoms with Crippen LogP contribution in [0.2, 0.25) is 0 Å². The molecule has 0 saturated heterocycles. The van der Waals surface area contributed by atoms with Crippen molar-refractivity contribution in [3.63, 3.8) is 0 Å². The predicted molar refractivity (Wildman–Crippen MR) is 99.2 cm³/mol. The molecule has 0 amide bonds. The van der Waals surface area contributed by atoms with Crippen LogP contribution in [-0.2, 0) is 25.6 Å². The first kappa shape index (κ1) is 19.5. The molecule has 1 aromatic carbocycles. The van der Waals surface area contributed by atoms with Gasteiger partial charge in [0.25, 0.3) is 0 Å². The largest absolute Gasteiger partial charge is 0.508 e. The Bertz CT molecular complexity index is 737. The van der Waals surface area contributed by atoms with Crippen LogP contribution in [0.15, 0.2) is 34.1 Å². The van der Waals surface area contributed by atoms with Crippen molar-refractivity contribution in [1.82, 2.24) is 0 Å². The third-order valence-electron chi connectivity index (χ3n) is 4.10. The second kappa shape index (κ2) is 9.60. The van der Waals surface area contributed by atoms with Crippen molar-refractivity contribution in [2.45, 2.75) is 32.1 Å². The van der Waals surface area contributed by atoms with E-state index >= 15 is 0 Å². The van der Waals surface area contributed by atoms with Gasteiger partial charge in [-0.1, -0.05) is 16.4 Å². The summed E-state index contributed by atoms with van der Waals surface area (Å²) in [7, 11) is 4.32. The SMILES string of the molecule is CO/N=C(CCCC(=O)OC)/C(=N/OC)C1=Cc2ccc(O)cc2CC1. The zero-order valence-corrected chi connectivity index (χ0v) is 15.3. The summed E-state index contributed by atoms with van der Waals surface area (Å²) in [6, 6.07) is 5.31. The van der Waals surface area contributed by atoms with E-state index in [2.05, 4.69) is 15.0 Å². The van der Waals surface area contributed by atoms with Crippen molar-refractivity contribution in [3.8, 4) is 5.75 Å². The van der Waals surface area contributed by atoms with Crippen molar-refractivity contribution in [1.29, 1.82) is 0 Å². The normalized spacial score (nSPS) is 14.3. The number of ether oxygens (including phenoxy) is 1. The maximum atomic E-state index is 11.3. The van der Waals surface area contributed by atoms with Gasteiger partial charge in [0.15, 0.2) is 0 Å². The topological polar surface area (TPSA) is 89.7 Å². The van der Waals surface area contributed by atoms with Gasteiger partial charge >= 0.3 is 5.97 Å². The molecule has 0 spiro atoms. The zero-order valence-electron chi connectivity index (χ0n) is 15.3. The van der Waals surface area contributed by atoms with Gasteiger partial charge < -0.3 is 19.5 Å². The minimum Gasteiger partial charge on any atom is -0.508 e. The van der Waals surface area contributed by atoms with Gasteiger partial charge in [-0.3, -0.25) is 4.79 Å². The highest BCUT2D eigenvalue weighted by molar-refractivity contribution is 6.48. The number of phenolic OH excluding ortho intramolecular Hbond substituents is 1. The van der Waals surface area contributed by atoms with Gasteiger partial charge in [0.1, 0.15) is 31.4 Å². The average Bonchev–Trinajstić information content (AvgIpc) is 2.65. The molecule has 1 aliphatic rings.